The maximum atomic E-state index is 5.54. The van der Waals surface area contributed by atoms with Crippen molar-refractivity contribution in [2.24, 2.45) is 0 Å². The minimum atomic E-state index is -0.622. The van der Waals surface area contributed by atoms with Crippen molar-refractivity contribution < 1.29 is 36.5 Å². The van der Waals surface area contributed by atoms with Crippen LogP contribution >= 0.6 is 58.9 Å². The van der Waals surface area contributed by atoms with Gasteiger partial charge in [0.05, 0.1) is 0 Å². The molecule has 0 N–H and O–H groups in total. The van der Waals surface area contributed by atoms with Crippen molar-refractivity contribution in [2.45, 2.75) is 14.7 Å². The molecule has 0 amide bonds. The van der Waals surface area contributed by atoms with Crippen molar-refractivity contribution in [2.75, 3.05) is 11.5 Å². The molecule has 0 aliphatic heterocycles. The van der Waals surface area contributed by atoms with Gasteiger partial charge in [0, 0.05) is 26.3 Å². The maximum absolute atomic E-state index is 5.54. The summed E-state index contributed by atoms with van der Waals surface area (Å²) in [7, 11) is -1.81. The smallest absolute Gasteiger partial charge is 1.00 e. The van der Waals surface area contributed by atoms with Crippen LogP contribution in [0.1, 0.15) is 0 Å². The van der Waals surface area contributed by atoms with E-state index in [4.69, 9.17) is 24.2 Å². The quantitative estimate of drug-likeness (QED) is 0.0350. The fraction of sp³-hybridized carbons (Fsp3) is 0.0323. The first kappa shape index (κ1) is 56.1. The van der Waals surface area contributed by atoms with Crippen LogP contribution in [0.25, 0.3) is 0 Å². The van der Waals surface area contributed by atoms with E-state index in [-0.39, 0.29) is 36.5 Å². The van der Waals surface area contributed by atoms with E-state index in [2.05, 4.69) is 243 Å². The van der Waals surface area contributed by atoms with Crippen molar-refractivity contribution in [1.29, 1.82) is 0 Å². The standard InChI is InChI=1S/C38H32P2S2.C18H15PS.C6H5Cl.BrH.Ru/c1-5-17-31(18-6-1)39(32-19-7-2-8-20-32)35-25-13-15-27-37(35)41-29-30-42-38-28-16-14-26-36(38)40(33-21-9-3-10-22-33)34-23-11-4-12-24-34;20-18-14-8-7-13-17(18)19(15-9-3-1-4-10-15)16-11-5-2-6-12-16;7-6-4-2-1-3-5-6;;/h1-28H,29-30H2;1-14,20H;1-5H;1H;/q;;;;+2/p-2. The van der Waals surface area contributed by atoms with Gasteiger partial charge < -0.3 is 29.6 Å². The van der Waals surface area contributed by atoms with E-state index in [1.54, 1.807) is 0 Å². The first-order valence-corrected chi connectivity index (χ1v) is 29.5. The predicted octanol–water partition coefficient (Wildman–Crippen LogP) is 10.8. The molecule has 0 bridgehead atoms. The Hall–Kier alpha value is -4.20. The minimum Gasteiger partial charge on any atom is -1.00 e. The SMILES string of the molecule is Clc1ccccc1.[Br-].[Ru+2].[S-]c1ccccc1P(c1ccccc1)c1ccccc1.c1ccc(P(c2ccccc2)c2ccccc2SCCSc2ccccc2P(c2ccccc2)c2ccccc2)cc1. The van der Waals surface area contributed by atoms with Crippen molar-refractivity contribution in [3.05, 3.63) is 290 Å². The molecule has 0 aliphatic rings. The molecule has 0 spiro atoms. The summed E-state index contributed by atoms with van der Waals surface area (Å²) in [5.74, 6) is 2.11. The zero-order valence-electron chi connectivity index (χ0n) is 38.7. The second-order valence-electron chi connectivity index (χ2n) is 15.4. The molecule has 9 heteroatoms. The van der Waals surface area contributed by atoms with Crippen molar-refractivity contribution in [3.8, 4) is 0 Å². The molecule has 0 aliphatic carbocycles. The summed E-state index contributed by atoms with van der Waals surface area (Å²) in [6, 6.07) is 101. The third kappa shape index (κ3) is 16.4. The molecular formula is C62H51BrClP3RuS3. The van der Waals surface area contributed by atoms with Gasteiger partial charge in [-0.05, 0) is 95.8 Å². The van der Waals surface area contributed by atoms with Gasteiger partial charge in [0.25, 0.3) is 0 Å². The third-order valence-electron chi connectivity index (χ3n) is 10.7. The molecule has 0 aromatic heterocycles. The Labute approximate surface area is 467 Å². The fourth-order valence-corrected chi connectivity index (χ4v) is 18.0. The van der Waals surface area contributed by atoms with Crippen molar-refractivity contribution in [3.63, 3.8) is 0 Å². The van der Waals surface area contributed by atoms with E-state index in [0.29, 0.717) is 0 Å². The van der Waals surface area contributed by atoms with Crippen LogP contribution in [0.3, 0.4) is 0 Å². The molecule has 0 fully saturated rings. The second kappa shape index (κ2) is 30.7. The van der Waals surface area contributed by atoms with E-state index in [9.17, 15) is 0 Å². The average Bonchev–Trinajstić information content (AvgIpc) is 3.42. The topological polar surface area (TPSA) is 0 Å². The monoisotopic (exact) mass is 1200 g/mol. The molecule has 0 saturated heterocycles. The Kier molecular flexibility index (Phi) is 24.3. The fourth-order valence-electron chi connectivity index (χ4n) is 7.63. The Morgan fingerprint density at radius 3 is 0.789 bits per heavy atom. The molecule has 10 aromatic rings. The minimum absolute atomic E-state index is 0. The van der Waals surface area contributed by atoms with Gasteiger partial charge >= 0.3 is 19.5 Å². The van der Waals surface area contributed by atoms with Gasteiger partial charge in [-0.15, -0.1) is 23.5 Å². The van der Waals surface area contributed by atoms with Crippen LogP contribution in [0.2, 0.25) is 5.02 Å². The molecule has 0 unspecified atom stereocenters. The van der Waals surface area contributed by atoms with Crippen LogP contribution in [0.15, 0.2) is 300 Å². The number of hydrogen-bond donors (Lipinski definition) is 0. The molecule has 0 nitrogen and oxygen atoms in total. The first-order valence-electron chi connectivity index (χ1n) is 22.7. The maximum Gasteiger partial charge on any atom is 2.00 e. The largest absolute Gasteiger partial charge is 2.00 e. The molecule has 0 atom stereocenters. The van der Waals surface area contributed by atoms with Gasteiger partial charge in [-0.3, -0.25) is 0 Å². The van der Waals surface area contributed by atoms with E-state index < -0.39 is 23.8 Å². The number of rotatable bonds is 14. The second-order valence-corrected chi connectivity index (χ2v) is 25.1. The van der Waals surface area contributed by atoms with Gasteiger partial charge in [0.1, 0.15) is 0 Å². The van der Waals surface area contributed by atoms with Gasteiger partial charge in [0.2, 0.25) is 0 Å². The van der Waals surface area contributed by atoms with Gasteiger partial charge in [-0.1, -0.05) is 272 Å². The summed E-state index contributed by atoms with van der Waals surface area (Å²) in [5, 5.41) is 13.2. The number of thioether (sulfide) groups is 2. The summed E-state index contributed by atoms with van der Waals surface area (Å²) in [5.41, 5.74) is 0. The zero-order chi connectivity index (χ0) is 47.3. The van der Waals surface area contributed by atoms with Crippen LogP contribution in [-0.4, -0.2) is 11.5 Å². The zero-order valence-corrected chi connectivity index (χ0v) is 47.9. The van der Waals surface area contributed by atoms with Gasteiger partial charge in [-0.2, -0.15) is 4.90 Å². The Balaban J connectivity index is 0.000000235. The average molecular weight is 1200 g/mol. The Morgan fingerprint density at radius 1 is 0.296 bits per heavy atom. The molecule has 10 rings (SSSR count). The summed E-state index contributed by atoms with van der Waals surface area (Å²) in [6.07, 6.45) is 0. The number of halogens is 2. The summed E-state index contributed by atoms with van der Waals surface area (Å²) in [4.78, 5) is 3.73. The molecule has 0 radical (unpaired) electrons. The molecule has 0 saturated carbocycles. The molecule has 71 heavy (non-hydrogen) atoms. The molecular weight excluding hydrogens is 1150 g/mol. The van der Waals surface area contributed by atoms with Crippen LogP contribution in [0.4, 0.5) is 0 Å². The van der Waals surface area contributed by atoms with Crippen LogP contribution in [0.5, 0.6) is 0 Å². The molecule has 0 heterocycles. The number of benzene rings is 10. The van der Waals surface area contributed by atoms with Crippen LogP contribution in [-0.2, 0) is 32.1 Å². The summed E-state index contributed by atoms with van der Waals surface area (Å²) >= 11 is 15.1. The summed E-state index contributed by atoms with van der Waals surface area (Å²) < 4.78 is 0. The van der Waals surface area contributed by atoms with E-state index in [1.807, 2.05) is 66.0 Å². The van der Waals surface area contributed by atoms with E-state index in [0.717, 1.165) is 21.4 Å². The predicted molar refractivity (Wildman–Crippen MR) is 314 cm³/mol. The Morgan fingerprint density at radius 2 is 0.521 bits per heavy atom. The summed E-state index contributed by atoms with van der Waals surface area (Å²) in [6.45, 7) is 0. The van der Waals surface area contributed by atoms with Crippen LogP contribution < -0.4 is 64.7 Å². The Bertz CT molecular complexity index is 2790. The van der Waals surface area contributed by atoms with Crippen LogP contribution in [0, 0.1) is 0 Å². The normalized spacial score (nSPS) is 10.5. The first-order chi connectivity index (χ1) is 34.1. The van der Waals surface area contributed by atoms with Gasteiger partial charge in [-0.25, -0.2) is 0 Å². The van der Waals surface area contributed by atoms with Gasteiger partial charge in [0.15, 0.2) is 0 Å². The van der Waals surface area contributed by atoms with E-state index in [1.165, 1.54) is 57.5 Å². The van der Waals surface area contributed by atoms with Crippen molar-refractivity contribution >= 4 is 119 Å². The third-order valence-corrected chi connectivity index (χ3v) is 21.7. The van der Waals surface area contributed by atoms with E-state index >= 15 is 0 Å². The molecule has 10 aromatic carbocycles. The van der Waals surface area contributed by atoms with Crippen molar-refractivity contribution in [1.82, 2.24) is 0 Å². The number of hydrogen-bond acceptors (Lipinski definition) is 3. The molecule has 354 valence electrons.